The van der Waals surface area contributed by atoms with Gasteiger partial charge in [0, 0.05) is 108 Å². The summed E-state index contributed by atoms with van der Waals surface area (Å²) in [6, 6.07) is 113. The second-order valence-corrected chi connectivity index (χ2v) is 26.9. The van der Waals surface area contributed by atoms with Crippen molar-refractivity contribution in [2.24, 2.45) is 0 Å². The molecule has 8 heterocycles. The topological polar surface area (TPSA) is 54.3 Å². The lowest BCUT2D eigenvalue weighted by Crippen LogP contribution is -1.96. The molecular formula is C86H54I2N8. The van der Waals surface area contributed by atoms with Crippen molar-refractivity contribution in [3.05, 3.63) is 335 Å². The van der Waals surface area contributed by atoms with Crippen LogP contribution in [0.4, 0.5) is 0 Å². The van der Waals surface area contributed by atoms with Crippen LogP contribution in [-0.2, 0) is 0 Å². The summed E-state index contributed by atoms with van der Waals surface area (Å²) in [4.78, 5) is 10.2. The highest BCUT2D eigenvalue weighted by molar-refractivity contribution is 14.1. The number of benzene rings is 12. The lowest BCUT2D eigenvalue weighted by molar-refractivity contribution is 1.16. The molecule has 12 aromatic carbocycles. The molecule has 452 valence electrons. The molecule has 0 aliphatic heterocycles. The van der Waals surface area contributed by atoms with E-state index >= 15 is 0 Å². The summed E-state index contributed by atoms with van der Waals surface area (Å²) in [5.74, 6) is 0. The SMILES string of the molecule is Ic1ccc2c(c1)c1cc(I)ccc1n2-c1ccc(-c2nc3ccccn3c2-c2ccccc2)cc1.c1ccc(-c2c(-c3ccc(-n4c5ccc(-n6c7ccccc7c7ccccc76)cc5c5cc(-n6c7ccccc7c7ccccc76)ccc54)cc3)nc3ccccn23)cc1. The molecule has 96 heavy (non-hydrogen) atoms. The fourth-order valence-electron chi connectivity index (χ4n) is 14.9. The highest BCUT2D eigenvalue weighted by atomic mass is 127. The highest BCUT2D eigenvalue weighted by Gasteiger charge is 2.23. The molecule has 0 saturated carbocycles. The van der Waals surface area contributed by atoms with Crippen LogP contribution >= 0.6 is 45.2 Å². The van der Waals surface area contributed by atoms with Crippen molar-refractivity contribution >= 4 is 144 Å². The third-order valence-corrected chi connectivity index (χ3v) is 20.4. The van der Waals surface area contributed by atoms with Gasteiger partial charge in [-0.05, 0) is 191 Å². The predicted octanol–water partition coefficient (Wildman–Crippen LogP) is 22.9. The molecule has 0 unspecified atom stereocenters. The van der Waals surface area contributed by atoms with Crippen molar-refractivity contribution < 1.29 is 0 Å². The van der Waals surface area contributed by atoms with Crippen LogP contribution in [0.15, 0.2) is 328 Å². The molecule has 0 atom stereocenters. The van der Waals surface area contributed by atoms with Gasteiger partial charge < -0.3 is 18.3 Å². The van der Waals surface area contributed by atoms with Gasteiger partial charge in [-0.2, -0.15) is 0 Å². The third kappa shape index (κ3) is 9.06. The number of para-hydroxylation sites is 4. The minimum Gasteiger partial charge on any atom is -0.309 e. The Bertz CT molecular complexity index is 6130. The standard InChI is InChI=1S/C55H35N5.C31H19I2N3/c1-2-14-37(15-3-1)55-54(56-53-24-12-13-33-57(53)55)36-25-27-38(28-26-36)58-51-31-29-39(59-47-20-8-4-16-41(47)42-17-5-9-21-48(42)59)34-45(51)46-35-40(30-32-52(46)58)60-49-22-10-6-18-43(49)44-19-7-11-23-50(44)60;32-22-11-15-27-25(18-22)26-19-23(33)12-16-28(26)36(27)24-13-9-20(10-14-24)30-31(21-6-2-1-3-7-21)35-17-5-4-8-29(35)34-30/h1-35H;1-19H. The first-order valence-corrected chi connectivity index (χ1v) is 34.3. The molecule has 0 radical (unpaired) electrons. The molecule has 0 saturated heterocycles. The summed E-state index contributed by atoms with van der Waals surface area (Å²) in [6.45, 7) is 0. The first-order chi connectivity index (χ1) is 47.5. The number of aromatic nitrogens is 8. The average molecular weight is 1450 g/mol. The molecule has 0 bridgehead atoms. The third-order valence-electron chi connectivity index (χ3n) is 19.1. The molecule has 20 rings (SSSR count). The van der Waals surface area contributed by atoms with E-state index in [-0.39, 0.29) is 0 Å². The number of hydrogen-bond acceptors (Lipinski definition) is 2. The average Bonchev–Trinajstić information content (AvgIpc) is 1.58. The fraction of sp³-hybridized carbons (Fsp3) is 0. The quantitative estimate of drug-likeness (QED) is 0.142. The number of nitrogens with zero attached hydrogens (tertiary/aromatic N) is 8. The zero-order valence-electron chi connectivity index (χ0n) is 51.5. The minimum absolute atomic E-state index is 0.927. The summed E-state index contributed by atoms with van der Waals surface area (Å²) < 4.78 is 16.5. The predicted molar refractivity (Wildman–Crippen MR) is 415 cm³/mol. The van der Waals surface area contributed by atoms with Gasteiger partial charge in [0.05, 0.1) is 66.9 Å². The van der Waals surface area contributed by atoms with Crippen LogP contribution in [0.5, 0.6) is 0 Å². The Labute approximate surface area is 578 Å². The number of fused-ring (bicyclic) bond motifs is 14. The molecule has 0 fully saturated rings. The van der Waals surface area contributed by atoms with Gasteiger partial charge in [0.25, 0.3) is 0 Å². The zero-order valence-corrected chi connectivity index (χ0v) is 55.8. The largest absolute Gasteiger partial charge is 0.309 e. The van der Waals surface area contributed by atoms with E-state index in [1.54, 1.807) is 0 Å². The Morgan fingerprint density at radius 2 is 0.510 bits per heavy atom. The fourth-order valence-corrected chi connectivity index (χ4v) is 15.9. The Kier molecular flexibility index (Phi) is 13.3. The van der Waals surface area contributed by atoms with Gasteiger partial charge in [-0.3, -0.25) is 8.80 Å². The maximum atomic E-state index is 5.16. The summed E-state index contributed by atoms with van der Waals surface area (Å²) in [5.41, 5.74) is 24.5. The van der Waals surface area contributed by atoms with Crippen LogP contribution in [0, 0.1) is 7.14 Å². The Balaban J connectivity index is 0.000000154. The van der Waals surface area contributed by atoms with Gasteiger partial charge in [-0.25, -0.2) is 9.97 Å². The van der Waals surface area contributed by atoms with Crippen molar-refractivity contribution in [2.75, 3.05) is 0 Å². The molecule has 20 aromatic rings. The van der Waals surface area contributed by atoms with E-state index in [1.807, 2.05) is 12.1 Å². The molecule has 8 aromatic heterocycles. The van der Waals surface area contributed by atoms with Crippen LogP contribution in [-0.4, -0.2) is 37.0 Å². The van der Waals surface area contributed by atoms with Crippen molar-refractivity contribution in [1.82, 2.24) is 37.0 Å². The van der Waals surface area contributed by atoms with Crippen molar-refractivity contribution in [3.8, 4) is 67.8 Å². The number of halogens is 2. The molecule has 0 aliphatic rings. The van der Waals surface area contributed by atoms with E-state index in [9.17, 15) is 0 Å². The first-order valence-electron chi connectivity index (χ1n) is 32.2. The minimum atomic E-state index is 0.927. The van der Waals surface area contributed by atoms with Gasteiger partial charge in [0.2, 0.25) is 0 Å². The number of imidazole rings is 2. The van der Waals surface area contributed by atoms with Crippen LogP contribution in [0.2, 0.25) is 0 Å². The van der Waals surface area contributed by atoms with E-state index in [0.29, 0.717) is 0 Å². The summed E-state index contributed by atoms with van der Waals surface area (Å²) in [5, 5.41) is 9.98. The molecule has 0 spiro atoms. The number of hydrogen-bond donors (Lipinski definition) is 0. The van der Waals surface area contributed by atoms with E-state index in [0.717, 1.165) is 90.1 Å². The summed E-state index contributed by atoms with van der Waals surface area (Å²) >= 11 is 4.79. The number of rotatable bonds is 8. The monoisotopic (exact) mass is 1450 g/mol. The van der Waals surface area contributed by atoms with Crippen LogP contribution < -0.4 is 0 Å². The second-order valence-electron chi connectivity index (χ2n) is 24.4. The van der Waals surface area contributed by atoms with Crippen molar-refractivity contribution in [3.63, 3.8) is 0 Å². The summed E-state index contributed by atoms with van der Waals surface area (Å²) in [7, 11) is 0. The van der Waals surface area contributed by atoms with E-state index < -0.39 is 0 Å². The maximum absolute atomic E-state index is 5.16. The van der Waals surface area contributed by atoms with Crippen LogP contribution in [0.3, 0.4) is 0 Å². The van der Waals surface area contributed by atoms with Gasteiger partial charge in [0.15, 0.2) is 0 Å². The molecule has 0 amide bonds. The van der Waals surface area contributed by atoms with Gasteiger partial charge >= 0.3 is 0 Å². The molecule has 0 N–H and O–H groups in total. The zero-order chi connectivity index (χ0) is 63.5. The highest BCUT2D eigenvalue weighted by Crippen LogP contribution is 2.42. The van der Waals surface area contributed by atoms with Crippen molar-refractivity contribution in [1.29, 1.82) is 0 Å². The lowest BCUT2D eigenvalue weighted by atomic mass is 10.0. The molecular weight excluding hydrogens is 1400 g/mol. The lowest BCUT2D eigenvalue weighted by Gasteiger charge is -2.12. The Morgan fingerprint density at radius 3 is 0.885 bits per heavy atom. The van der Waals surface area contributed by atoms with E-state index in [2.05, 4.69) is 388 Å². The van der Waals surface area contributed by atoms with Gasteiger partial charge in [0.1, 0.15) is 11.3 Å². The Morgan fingerprint density at radius 1 is 0.219 bits per heavy atom. The molecule has 8 nitrogen and oxygen atoms in total. The maximum Gasteiger partial charge on any atom is 0.137 e. The Hall–Kier alpha value is -11.3. The first kappa shape index (κ1) is 56.2. The molecule has 0 aliphatic carbocycles. The smallest absolute Gasteiger partial charge is 0.137 e. The van der Waals surface area contributed by atoms with Gasteiger partial charge in [-0.15, -0.1) is 0 Å². The van der Waals surface area contributed by atoms with Crippen LogP contribution in [0.25, 0.3) is 166 Å². The normalized spacial score (nSPS) is 11.9. The van der Waals surface area contributed by atoms with E-state index in [4.69, 9.17) is 9.97 Å². The molecule has 10 heteroatoms. The van der Waals surface area contributed by atoms with Crippen LogP contribution in [0.1, 0.15) is 0 Å². The van der Waals surface area contributed by atoms with Gasteiger partial charge in [-0.1, -0.05) is 170 Å². The second kappa shape index (κ2) is 22.7. The van der Waals surface area contributed by atoms with E-state index in [1.165, 1.54) is 83.3 Å². The summed E-state index contributed by atoms with van der Waals surface area (Å²) in [6.07, 6.45) is 4.19. The van der Waals surface area contributed by atoms with Crippen molar-refractivity contribution in [2.45, 2.75) is 0 Å². The number of pyridine rings is 2.